The van der Waals surface area contributed by atoms with Gasteiger partial charge in [0.2, 0.25) is 0 Å². The Balaban J connectivity index is 1.73. The normalized spacial score (nSPS) is 20.5. The molecule has 1 aliphatic carbocycles. The molecule has 2 aromatic rings. The third kappa shape index (κ3) is 3.81. The zero-order valence-corrected chi connectivity index (χ0v) is 17.4. The summed E-state index contributed by atoms with van der Waals surface area (Å²) in [5.74, 6) is -0.266. The van der Waals surface area contributed by atoms with E-state index in [0.29, 0.717) is 24.2 Å². The lowest BCUT2D eigenvalue weighted by molar-refractivity contribution is 0.0910. The van der Waals surface area contributed by atoms with Gasteiger partial charge in [-0.2, -0.15) is 0 Å². The monoisotopic (exact) mass is 395 g/mol. The summed E-state index contributed by atoms with van der Waals surface area (Å²) in [6, 6.07) is 7.59. The van der Waals surface area contributed by atoms with Crippen molar-refractivity contribution in [2.45, 2.75) is 52.6 Å². The molecule has 6 nitrogen and oxygen atoms in total. The fraction of sp³-hybridized carbons (Fsp3) is 0.478. The van der Waals surface area contributed by atoms with Gasteiger partial charge in [-0.05, 0) is 55.9 Å². The molecule has 4 rings (SSSR count). The fourth-order valence-electron chi connectivity index (χ4n) is 4.57. The van der Waals surface area contributed by atoms with E-state index in [4.69, 9.17) is 10.5 Å². The number of primary amides is 1. The molecule has 1 aliphatic heterocycles. The lowest BCUT2D eigenvalue weighted by Gasteiger charge is -2.30. The van der Waals surface area contributed by atoms with E-state index in [1.807, 2.05) is 25.1 Å². The second-order valence-corrected chi connectivity index (χ2v) is 9.03. The number of Topliss-reactive ketones (excluding diaryl/α,β-unsaturated/α-hetero) is 1. The SMILES string of the molecule is Cc1cc2c(n1-c1ccc(C(N)=O)c(NCC3CCCO3)c1)CC(C)(C)CC2=O. The third-order valence-corrected chi connectivity index (χ3v) is 5.94. The Kier molecular flexibility index (Phi) is 4.99. The summed E-state index contributed by atoms with van der Waals surface area (Å²) in [5.41, 5.74) is 10.5. The number of aromatic nitrogens is 1. The maximum atomic E-state index is 12.7. The molecule has 0 saturated carbocycles. The number of nitrogens with one attached hydrogen (secondary N) is 1. The molecule has 3 N–H and O–H groups in total. The Morgan fingerprint density at radius 2 is 2.10 bits per heavy atom. The van der Waals surface area contributed by atoms with Gasteiger partial charge in [0.1, 0.15) is 0 Å². The van der Waals surface area contributed by atoms with Crippen molar-refractivity contribution in [1.29, 1.82) is 0 Å². The van der Waals surface area contributed by atoms with Crippen molar-refractivity contribution in [3.8, 4) is 5.69 Å². The average Bonchev–Trinajstić information content (AvgIpc) is 3.26. The van der Waals surface area contributed by atoms with Crippen molar-refractivity contribution in [3.63, 3.8) is 0 Å². The van der Waals surface area contributed by atoms with Crippen molar-refractivity contribution in [1.82, 2.24) is 4.57 Å². The molecule has 1 aromatic carbocycles. The lowest BCUT2D eigenvalue weighted by atomic mass is 9.76. The summed E-state index contributed by atoms with van der Waals surface area (Å²) >= 11 is 0. The number of amides is 1. The maximum Gasteiger partial charge on any atom is 0.250 e. The standard InChI is InChI=1S/C23H29N3O3/c1-14-9-18-20(11-23(2,3)12-21(18)27)26(14)15-6-7-17(22(24)28)19(10-15)25-13-16-5-4-8-29-16/h6-7,9-10,16,25H,4-5,8,11-13H2,1-3H3,(H2,24,28). The van der Waals surface area contributed by atoms with Crippen LogP contribution in [0.2, 0.25) is 0 Å². The summed E-state index contributed by atoms with van der Waals surface area (Å²) in [7, 11) is 0. The number of carbonyl (C=O) groups excluding carboxylic acids is 2. The van der Waals surface area contributed by atoms with E-state index in [2.05, 4.69) is 23.7 Å². The second kappa shape index (κ2) is 7.34. The molecule has 1 saturated heterocycles. The summed E-state index contributed by atoms with van der Waals surface area (Å²) in [5, 5.41) is 3.36. The van der Waals surface area contributed by atoms with E-state index in [1.54, 1.807) is 6.07 Å². The Hall–Kier alpha value is -2.60. The highest BCUT2D eigenvalue weighted by atomic mass is 16.5. The van der Waals surface area contributed by atoms with Gasteiger partial charge in [0, 0.05) is 47.9 Å². The summed E-state index contributed by atoms with van der Waals surface area (Å²) in [4.78, 5) is 24.6. The number of nitrogens with two attached hydrogens (primary N) is 1. The van der Waals surface area contributed by atoms with Gasteiger partial charge in [-0.1, -0.05) is 13.8 Å². The number of hydrogen-bond donors (Lipinski definition) is 2. The van der Waals surface area contributed by atoms with Crippen molar-refractivity contribution in [3.05, 3.63) is 46.8 Å². The highest BCUT2D eigenvalue weighted by molar-refractivity contribution is 6.00. The molecular weight excluding hydrogens is 366 g/mol. The first-order valence-electron chi connectivity index (χ1n) is 10.3. The molecule has 154 valence electrons. The first kappa shape index (κ1) is 19.7. The van der Waals surface area contributed by atoms with Gasteiger partial charge in [0.25, 0.3) is 5.91 Å². The number of ketones is 1. The summed E-state index contributed by atoms with van der Waals surface area (Å²) in [6.07, 6.45) is 3.63. The molecule has 0 spiro atoms. The number of nitrogens with zero attached hydrogens (tertiary/aromatic N) is 1. The summed E-state index contributed by atoms with van der Waals surface area (Å²) < 4.78 is 7.82. The lowest BCUT2D eigenvalue weighted by Crippen LogP contribution is -2.28. The van der Waals surface area contributed by atoms with Gasteiger partial charge >= 0.3 is 0 Å². The molecule has 29 heavy (non-hydrogen) atoms. The number of benzene rings is 1. The van der Waals surface area contributed by atoms with Crippen molar-refractivity contribution >= 4 is 17.4 Å². The largest absolute Gasteiger partial charge is 0.382 e. The molecule has 2 heterocycles. The molecule has 2 aliphatic rings. The van der Waals surface area contributed by atoms with Crippen LogP contribution in [0.1, 0.15) is 65.2 Å². The van der Waals surface area contributed by atoms with Gasteiger partial charge in [-0.3, -0.25) is 9.59 Å². The Bertz CT molecular complexity index is 968. The highest BCUT2D eigenvalue weighted by Crippen LogP contribution is 2.38. The minimum absolute atomic E-state index is 0.0688. The van der Waals surface area contributed by atoms with Gasteiger partial charge in [0.05, 0.1) is 11.7 Å². The van der Waals surface area contributed by atoms with Crippen LogP contribution in [0.25, 0.3) is 5.69 Å². The Morgan fingerprint density at radius 1 is 1.31 bits per heavy atom. The molecule has 0 radical (unpaired) electrons. The Labute approximate surface area is 171 Å². The zero-order valence-electron chi connectivity index (χ0n) is 17.4. The number of carbonyl (C=O) groups is 2. The van der Waals surface area contributed by atoms with Crippen LogP contribution in [0.15, 0.2) is 24.3 Å². The van der Waals surface area contributed by atoms with Crippen LogP contribution in [-0.4, -0.2) is 35.5 Å². The minimum atomic E-state index is -0.464. The van der Waals surface area contributed by atoms with Gasteiger partial charge in [-0.15, -0.1) is 0 Å². The van der Waals surface area contributed by atoms with Crippen LogP contribution in [-0.2, 0) is 11.2 Å². The number of fused-ring (bicyclic) bond motifs is 1. The van der Waals surface area contributed by atoms with Crippen molar-refractivity contribution in [2.75, 3.05) is 18.5 Å². The summed E-state index contributed by atoms with van der Waals surface area (Å²) in [6.45, 7) is 7.70. The number of hydrogen-bond acceptors (Lipinski definition) is 4. The average molecular weight is 396 g/mol. The number of rotatable bonds is 5. The number of ether oxygens (including phenoxy) is 1. The van der Waals surface area contributed by atoms with E-state index in [1.165, 1.54) is 0 Å². The van der Waals surface area contributed by atoms with E-state index in [-0.39, 0.29) is 17.3 Å². The molecule has 1 fully saturated rings. The Morgan fingerprint density at radius 3 is 2.79 bits per heavy atom. The predicted molar refractivity (Wildman–Crippen MR) is 113 cm³/mol. The van der Waals surface area contributed by atoms with Gasteiger partial charge < -0.3 is 20.4 Å². The predicted octanol–water partition coefficient (Wildman–Crippen LogP) is 3.63. The quantitative estimate of drug-likeness (QED) is 0.809. The first-order valence-corrected chi connectivity index (χ1v) is 10.3. The second-order valence-electron chi connectivity index (χ2n) is 9.03. The van der Waals surface area contributed by atoms with Crippen LogP contribution < -0.4 is 11.1 Å². The molecular formula is C23H29N3O3. The minimum Gasteiger partial charge on any atom is -0.382 e. The van der Waals surface area contributed by atoms with Gasteiger partial charge in [0.15, 0.2) is 5.78 Å². The van der Waals surface area contributed by atoms with Crippen LogP contribution in [0.5, 0.6) is 0 Å². The molecule has 1 unspecified atom stereocenters. The first-order chi connectivity index (χ1) is 13.7. The van der Waals surface area contributed by atoms with E-state index in [9.17, 15) is 9.59 Å². The highest BCUT2D eigenvalue weighted by Gasteiger charge is 2.34. The number of aryl methyl sites for hydroxylation is 1. The fourth-order valence-corrected chi connectivity index (χ4v) is 4.57. The van der Waals surface area contributed by atoms with Gasteiger partial charge in [-0.25, -0.2) is 0 Å². The molecule has 0 bridgehead atoms. The van der Waals surface area contributed by atoms with Crippen LogP contribution in [0.4, 0.5) is 5.69 Å². The van der Waals surface area contributed by atoms with E-state index >= 15 is 0 Å². The number of anilines is 1. The topological polar surface area (TPSA) is 86.3 Å². The molecule has 6 heteroatoms. The third-order valence-electron chi connectivity index (χ3n) is 5.94. The van der Waals surface area contributed by atoms with Crippen LogP contribution in [0, 0.1) is 12.3 Å². The molecule has 1 amide bonds. The smallest absolute Gasteiger partial charge is 0.250 e. The van der Waals surface area contributed by atoms with Crippen molar-refractivity contribution in [2.24, 2.45) is 11.1 Å². The van der Waals surface area contributed by atoms with E-state index in [0.717, 1.165) is 48.5 Å². The molecule has 1 aromatic heterocycles. The van der Waals surface area contributed by atoms with Crippen LogP contribution >= 0.6 is 0 Å². The van der Waals surface area contributed by atoms with Crippen LogP contribution in [0.3, 0.4) is 0 Å². The maximum absolute atomic E-state index is 12.7. The van der Waals surface area contributed by atoms with Crippen molar-refractivity contribution < 1.29 is 14.3 Å². The van der Waals surface area contributed by atoms with E-state index < -0.39 is 5.91 Å². The molecule has 1 atom stereocenters. The zero-order chi connectivity index (χ0) is 20.8.